The molecule has 2 heteroatoms. The Morgan fingerprint density at radius 3 is 2.40 bits per heavy atom. The Bertz CT molecular complexity index is 383. The first-order chi connectivity index (χ1) is 9.67. The maximum Gasteiger partial charge on any atom is 0.0341 e. The predicted molar refractivity (Wildman–Crippen MR) is 94.4 cm³/mol. The lowest BCUT2D eigenvalue weighted by Crippen LogP contribution is -2.21. The van der Waals surface area contributed by atoms with Gasteiger partial charge in [-0.05, 0) is 30.4 Å². The molecule has 1 aromatic carbocycles. The van der Waals surface area contributed by atoms with Gasteiger partial charge in [0, 0.05) is 17.5 Å². The molecule has 0 fully saturated rings. The molecular formula is C18H29NS. The highest BCUT2D eigenvalue weighted by molar-refractivity contribution is 7.81. The van der Waals surface area contributed by atoms with E-state index in [4.69, 9.17) is 0 Å². The summed E-state index contributed by atoms with van der Waals surface area (Å²) in [6, 6.07) is 8.76. The number of aryl methyl sites for hydroxylation is 1. The molecule has 1 rings (SSSR count). The van der Waals surface area contributed by atoms with Gasteiger partial charge in [0.15, 0.2) is 0 Å². The fraction of sp³-hybridized carbons (Fsp3) is 0.556. The average molecular weight is 292 g/mol. The Kier molecular flexibility index (Phi) is 8.52. The van der Waals surface area contributed by atoms with Crippen molar-refractivity contribution < 1.29 is 0 Å². The van der Waals surface area contributed by atoms with Crippen molar-refractivity contribution in [2.45, 2.75) is 57.6 Å². The Morgan fingerprint density at radius 1 is 1.15 bits per heavy atom. The zero-order chi connectivity index (χ0) is 14.8. The molecule has 0 aliphatic carbocycles. The summed E-state index contributed by atoms with van der Waals surface area (Å²) in [6.45, 7) is 9.46. The van der Waals surface area contributed by atoms with Gasteiger partial charge in [-0.2, -0.15) is 12.6 Å². The van der Waals surface area contributed by atoms with Gasteiger partial charge in [-0.25, -0.2) is 0 Å². The first kappa shape index (κ1) is 17.2. The Morgan fingerprint density at radius 2 is 1.80 bits per heavy atom. The molecule has 112 valence electrons. The van der Waals surface area contributed by atoms with Crippen LogP contribution < -0.4 is 5.32 Å². The molecule has 0 aromatic heterocycles. The lowest BCUT2D eigenvalue weighted by atomic mass is 10.1. The molecule has 0 saturated carbocycles. The largest absolute Gasteiger partial charge is 0.384 e. The Hall–Kier alpha value is -0.890. The van der Waals surface area contributed by atoms with Gasteiger partial charge in [0.2, 0.25) is 0 Å². The van der Waals surface area contributed by atoms with Crippen molar-refractivity contribution in [3.63, 3.8) is 0 Å². The second-order valence-corrected chi connectivity index (χ2v) is 6.19. The van der Waals surface area contributed by atoms with Crippen LogP contribution in [-0.4, -0.2) is 11.8 Å². The van der Waals surface area contributed by atoms with Crippen molar-refractivity contribution in [2.24, 2.45) is 0 Å². The predicted octanol–water partition coefficient (Wildman–Crippen LogP) is 5.08. The van der Waals surface area contributed by atoms with Crippen molar-refractivity contribution in [1.29, 1.82) is 0 Å². The summed E-state index contributed by atoms with van der Waals surface area (Å²) in [5.41, 5.74) is 3.60. The third kappa shape index (κ3) is 6.51. The smallest absolute Gasteiger partial charge is 0.0341 e. The molecule has 0 heterocycles. The van der Waals surface area contributed by atoms with Crippen molar-refractivity contribution >= 4 is 18.3 Å². The van der Waals surface area contributed by atoms with Gasteiger partial charge in [0.1, 0.15) is 0 Å². The van der Waals surface area contributed by atoms with Gasteiger partial charge in [-0.15, -0.1) is 0 Å². The lowest BCUT2D eigenvalue weighted by molar-refractivity contribution is 0.666. The van der Waals surface area contributed by atoms with Crippen molar-refractivity contribution in [3.8, 4) is 0 Å². The van der Waals surface area contributed by atoms with Crippen LogP contribution in [0.2, 0.25) is 0 Å². The summed E-state index contributed by atoms with van der Waals surface area (Å²) >= 11 is 4.60. The first-order valence-electron chi connectivity index (χ1n) is 7.87. The monoisotopic (exact) mass is 291 g/mol. The van der Waals surface area contributed by atoms with Crippen LogP contribution in [0.1, 0.15) is 57.1 Å². The Labute approximate surface area is 130 Å². The highest BCUT2D eigenvalue weighted by atomic mass is 32.1. The summed E-state index contributed by atoms with van der Waals surface area (Å²) in [7, 11) is 0. The summed E-state index contributed by atoms with van der Waals surface area (Å²) < 4.78 is 0. The molecule has 20 heavy (non-hydrogen) atoms. The molecule has 0 amide bonds. The molecule has 0 bridgehead atoms. The van der Waals surface area contributed by atoms with Crippen LogP contribution in [0.3, 0.4) is 0 Å². The third-order valence-corrected chi connectivity index (χ3v) is 4.00. The van der Waals surface area contributed by atoms with Crippen LogP contribution in [0.15, 0.2) is 30.8 Å². The highest BCUT2D eigenvalue weighted by Gasteiger charge is 2.04. The Balaban J connectivity index is 2.39. The number of hydrogen-bond acceptors (Lipinski definition) is 2. The molecule has 1 N–H and O–H groups in total. The van der Waals surface area contributed by atoms with Crippen LogP contribution in [0, 0.1) is 0 Å². The first-order valence-corrected chi connectivity index (χ1v) is 8.39. The summed E-state index contributed by atoms with van der Waals surface area (Å²) in [5.74, 6) is 0. The van der Waals surface area contributed by atoms with E-state index < -0.39 is 0 Å². The summed E-state index contributed by atoms with van der Waals surface area (Å²) in [4.78, 5) is 0. The van der Waals surface area contributed by atoms with E-state index >= 15 is 0 Å². The van der Waals surface area contributed by atoms with E-state index in [0.717, 1.165) is 18.7 Å². The van der Waals surface area contributed by atoms with E-state index in [2.05, 4.69) is 62.6 Å². The van der Waals surface area contributed by atoms with E-state index in [0.29, 0.717) is 5.25 Å². The van der Waals surface area contributed by atoms with Crippen molar-refractivity contribution in [1.82, 2.24) is 5.32 Å². The van der Waals surface area contributed by atoms with Crippen LogP contribution in [0.25, 0.3) is 5.70 Å². The molecule has 0 aliphatic rings. The molecule has 1 unspecified atom stereocenters. The van der Waals surface area contributed by atoms with Gasteiger partial charge in [0.25, 0.3) is 0 Å². The van der Waals surface area contributed by atoms with E-state index in [1.807, 2.05) is 0 Å². The topological polar surface area (TPSA) is 12.0 Å². The number of unbranched alkanes of at least 4 members (excludes halogenated alkanes) is 2. The van der Waals surface area contributed by atoms with Crippen molar-refractivity contribution in [3.05, 3.63) is 42.0 Å². The van der Waals surface area contributed by atoms with E-state index in [-0.39, 0.29) is 0 Å². The van der Waals surface area contributed by atoms with Crippen LogP contribution >= 0.6 is 12.6 Å². The fourth-order valence-electron chi connectivity index (χ4n) is 2.14. The second kappa shape index (κ2) is 9.93. The minimum atomic E-state index is 0.413. The minimum Gasteiger partial charge on any atom is -0.384 e. The van der Waals surface area contributed by atoms with Gasteiger partial charge >= 0.3 is 0 Å². The molecule has 1 atom stereocenters. The lowest BCUT2D eigenvalue weighted by Gasteiger charge is -2.14. The summed E-state index contributed by atoms with van der Waals surface area (Å²) in [6.07, 6.45) is 7.32. The van der Waals surface area contributed by atoms with Gasteiger partial charge < -0.3 is 5.32 Å². The molecule has 1 aromatic rings. The highest BCUT2D eigenvalue weighted by Crippen LogP contribution is 2.14. The SMILES string of the molecule is C=C(NCC(S)CCCC)c1ccc(CCCC)cc1. The number of rotatable bonds is 10. The zero-order valence-electron chi connectivity index (χ0n) is 13.0. The third-order valence-electron chi connectivity index (χ3n) is 3.56. The quantitative estimate of drug-likeness (QED) is 0.573. The molecule has 0 radical (unpaired) electrons. The number of nitrogens with one attached hydrogen (secondary N) is 1. The van der Waals surface area contributed by atoms with Gasteiger partial charge in [-0.1, -0.05) is 64.0 Å². The standard InChI is InChI=1S/C18H29NS/c1-4-6-8-16-10-12-17(13-11-16)15(3)19-14-18(20)9-7-5-2/h10-13,18-20H,3-9,14H2,1-2H3. The fourth-order valence-corrected chi connectivity index (χ4v) is 2.41. The number of thiol groups is 1. The van der Waals surface area contributed by atoms with E-state index in [1.165, 1.54) is 43.2 Å². The van der Waals surface area contributed by atoms with Crippen LogP contribution in [-0.2, 0) is 6.42 Å². The molecule has 0 aliphatic heterocycles. The molecule has 1 nitrogen and oxygen atoms in total. The van der Waals surface area contributed by atoms with Gasteiger partial charge in [0.05, 0.1) is 0 Å². The zero-order valence-corrected chi connectivity index (χ0v) is 13.9. The van der Waals surface area contributed by atoms with Crippen LogP contribution in [0.5, 0.6) is 0 Å². The molecule has 0 saturated heterocycles. The van der Waals surface area contributed by atoms with Gasteiger partial charge in [-0.3, -0.25) is 0 Å². The van der Waals surface area contributed by atoms with E-state index in [1.54, 1.807) is 0 Å². The van der Waals surface area contributed by atoms with Crippen molar-refractivity contribution in [2.75, 3.05) is 6.54 Å². The normalized spacial score (nSPS) is 12.2. The second-order valence-electron chi connectivity index (χ2n) is 5.46. The summed E-state index contributed by atoms with van der Waals surface area (Å²) in [5, 5.41) is 3.81. The van der Waals surface area contributed by atoms with E-state index in [9.17, 15) is 0 Å². The molecular weight excluding hydrogens is 262 g/mol. The minimum absolute atomic E-state index is 0.413. The maximum absolute atomic E-state index is 4.60. The number of hydrogen-bond donors (Lipinski definition) is 2. The maximum atomic E-state index is 4.60. The average Bonchev–Trinajstić information content (AvgIpc) is 2.49. The number of benzene rings is 1. The van der Waals surface area contributed by atoms with Crippen LogP contribution in [0.4, 0.5) is 0 Å². The molecule has 0 spiro atoms.